The largest absolute Gasteiger partial charge is 0.455 e. The highest BCUT2D eigenvalue weighted by Gasteiger charge is 2.11. The van der Waals surface area contributed by atoms with E-state index in [2.05, 4.69) is 10.6 Å². The van der Waals surface area contributed by atoms with Crippen LogP contribution >= 0.6 is 11.6 Å². The van der Waals surface area contributed by atoms with Crippen LogP contribution in [0.3, 0.4) is 0 Å². The summed E-state index contributed by atoms with van der Waals surface area (Å²) in [5.74, 6) is 0.674. The van der Waals surface area contributed by atoms with Crippen molar-refractivity contribution in [3.8, 4) is 11.5 Å². The minimum Gasteiger partial charge on any atom is -0.455 e. The first-order valence-corrected chi connectivity index (χ1v) is 9.16. The van der Waals surface area contributed by atoms with Gasteiger partial charge in [0.15, 0.2) is 5.75 Å². The van der Waals surface area contributed by atoms with Crippen molar-refractivity contribution in [1.82, 2.24) is 5.32 Å². The zero-order valence-electron chi connectivity index (χ0n) is 15.0. The highest BCUT2D eigenvalue weighted by Crippen LogP contribution is 2.29. The summed E-state index contributed by atoms with van der Waals surface area (Å²) in [5, 5.41) is 5.88. The van der Waals surface area contributed by atoms with Gasteiger partial charge in [-0.05, 0) is 36.4 Å². The van der Waals surface area contributed by atoms with Crippen LogP contribution in [0.4, 0.5) is 5.69 Å². The number of ether oxygens (including phenoxy) is 1. The van der Waals surface area contributed by atoms with Crippen LogP contribution in [0.15, 0.2) is 78.9 Å². The van der Waals surface area contributed by atoms with E-state index in [-0.39, 0.29) is 24.8 Å². The van der Waals surface area contributed by atoms with E-state index >= 15 is 0 Å². The fourth-order valence-electron chi connectivity index (χ4n) is 2.52. The van der Waals surface area contributed by atoms with Gasteiger partial charge in [-0.3, -0.25) is 9.59 Å². The maximum atomic E-state index is 12.3. The Morgan fingerprint density at radius 1 is 0.857 bits per heavy atom. The molecule has 0 aliphatic heterocycles. The van der Waals surface area contributed by atoms with Gasteiger partial charge in [0.25, 0.3) is 5.91 Å². The van der Waals surface area contributed by atoms with Crippen LogP contribution in [0.25, 0.3) is 0 Å². The number of carbonyl (C=O) groups excluding carboxylic acids is 2. The third kappa shape index (κ3) is 5.34. The first kappa shape index (κ1) is 19.5. The number of hydrogen-bond donors (Lipinski definition) is 2. The number of amides is 2. The summed E-state index contributed by atoms with van der Waals surface area (Å²) in [4.78, 5) is 24.4. The Morgan fingerprint density at radius 2 is 1.54 bits per heavy atom. The Balaban J connectivity index is 1.54. The highest BCUT2D eigenvalue weighted by atomic mass is 35.5. The molecule has 0 saturated carbocycles. The second-order valence-electron chi connectivity index (χ2n) is 5.95. The lowest BCUT2D eigenvalue weighted by Crippen LogP contribution is -2.27. The van der Waals surface area contributed by atoms with Gasteiger partial charge in [-0.2, -0.15) is 0 Å². The lowest BCUT2D eigenvalue weighted by molar-refractivity contribution is -0.116. The topological polar surface area (TPSA) is 67.4 Å². The van der Waals surface area contributed by atoms with Crippen molar-refractivity contribution >= 4 is 29.1 Å². The van der Waals surface area contributed by atoms with Crippen LogP contribution in [-0.4, -0.2) is 18.4 Å². The Hall–Kier alpha value is -3.31. The average molecular weight is 395 g/mol. The van der Waals surface area contributed by atoms with Crippen molar-refractivity contribution in [1.29, 1.82) is 0 Å². The molecule has 6 heteroatoms. The van der Waals surface area contributed by atoms with E-state index < -0.39 is 0 Å². The zero-order valence-corrected chi connectivity index (χ0v) is 15.8. The SMILES string of the molecule is O=C(CCNC(=O)c1ccccc1Cl)Nc1ccccc1Oc1ccccc1. The van der Waals surface area contributed by atoms with Crippen molar-refractivity contribution in [2.24, 2.45) is 0 Å². The van der Waals surface area contributed by atoms with Gasteiger partial charge in [0.1, 0.15) is 5.75 Å². The Bertz CT molecular complexity index is 961. The number of carbonyl (C=O) groups is 2. The maximum Gasteiger partial charge on any atom is 0.252 e. The molecule has 2 amide bonds. The zero-order chi connectivity index (χ0) is 19.8. The molecule has 2 N–H and O–H groups in total. The number of nitrogens with one attached hydrogen (secondary N) is 2. The third-order valence-corrected chi connectivity index (χ3v) is 4.22. The quantitative estimate of drug-likeness (QED) is 0.599. The van der Waals surface area contributed by atoms with Gasteiger partial charge >= 0.3 is 0 Å². The summed E-state index contributed by atoms with van der Waals surface area (Å²) in [6.07, 6.45) is 0.121. The maximum absolute atomic E-state index is 12.3. The third-order valence-electron chi connectivity index (χ3n) is 3.89. The first-order chi connectivity index (χ1) is 13.6. The molecule has 3 aromatic carbocycles. The summed E-state index contributed by atoms with van der Waals surface area (Å²) in [5.41, 5.74) is 0.944. The minimum atomic E-state index is -0.314. The van der Waals surface area contributed by atoms with E-state index in [4.69, 9.17) is 16.3 Å². The van der Waals surface area contributed by atoms with Crippen LogP contribution in [0.2, 0.25) is 5.02 Å². The molecule has 0 spiro atoms. The first-order valence-electron chi connectivity index (χ1n) is 8.78. The standard InChI is InChI=1S/C22H19ClN2O3/c23-18-11-5-4-10-17(18)22(27)24-15-14-21(26)25-19-12-6-7-13-20(19)28-16-8-2-1-3-9-16/h1-13H,14-15H2,(H,24,27)(H,25,26). The predicted octanol–water partition coefficient (Wildman–Crippen LogP) is 4.89. The molecule has 0 radical (unpaired) electrons. The smallest absolute Gasteiger partial charge is 0.252 e. The van der Waals surface area contributed by atoms with Crippen LogP contribution in [0.5, 0.6) is 11.5 Å². The highest BCUT2D eigenvalue weighted by molar-refractivity contribution is 6.33. The second kappa shape index (κ2) is 9.58. The normalized spacial score (nSPS) is 10.2. The molecule has 0 unspecified atom stereocenters. The molecule has 0 fully saturated rings. The molecule has 0 heterocycles. The van der Waals surface area contributed by atoms with E-state index in [0.29, 0.717) is 27.8 Å². The number of anilines is 1. The van der Waals surface area contributed by atoms with Crippen LogP contribution in [-0.2, 0) is 4.79 Å². The lowest BCUT2D eigenvalue weighted by atomic mass is 10.2. The molecule has 3 aromatic rings. The lowest BCUT2D eigenvalue weighted by Gasteiger charge is -2.12. The van der Waals surface area contributed by atoms with E-state index in [1.807, 2.05) is 42.5 Å². The van der Waals surface area contributed by atoms with Crippen molar-refractivity contribution in [3.63, 3.8) is 0 Å². The van der Waals surface area contributed by atoms with Crippen molar-refractivity contribution in [3.05, 3.63) is 89.4 Å². The van der Waals surface area contributed by atoms with E-state index in [0.717, 1.165) is 0 Å². The average Bonchev–Trinajstić information content (AvgIpc) is 2.70. The predicted molar refractivity (Wildman–Crippen MR) is 110 cm³/mol. The van der Waals surface area contributed by atoms with E-state index in [9.17, 15) is 9.59 Å². The van der Waals surface area contributed by atoms with Gasteiger partial charge in [0.05, 0.1) is 16.3 Å². The van der Waals surface area contributed by atoms with Gasteiger partial charge in [-0.1, -0.05) is 54.1 Å². The number of hydrogen-bond acceptors (Lipinski definition) is 3. The molecule has 142 valence electrons. The van der Waals surface area contributed by atoms with Gasteiger partial charge in [-0.25, -0.2) is 0 Å². The molecule has 0 saturated heterocycles. The fraction of sp³-hybridized carbons (Fsp3) is 0.0909. The van der Waals surface area contributed by atoms with Gasteiger partial charge in [0, 0.05) is 13.0 Å². The fourth-order valence-corrected chi connectivity index (χ4v) is 2.74. The summed E-state index contributed by atoms with van der Waals surface area (Å²) < 4.78 is 5.82. The molecule has 5 nitrogen and oxygen atoms in total. The molecule has 3 rings (SSSR count). The monoisotopic (exact) mass is 394 g/mol. The molecule has 0 bridgehead atoms. The number of rotatable bonds is 7. The van der Waals surface area contributed by atoms with Crippen molar-refractivity contribution < 1.29 is 14.3 Å². The second-order valence-corrected chi connectivity index (χ2v) is 6.35. The Labute approximate surface area is 168 Å². The molecule has 0 atom stereocenters. The molecule has 0 aromatic heterocycles. The van der Waals surface area contributed by atoms with Crippen molar-refractivity contribution in [2.45, 2.75) is 6.42 Å². The summed E-state index contributed by atoms with van der Waals surface area (Å²) in [7, 11) is 0. The Morgan fingerprint density at radius 3 is 2.32 bits per heavy atom. The van der Waals surface area contributed by atoms with E-state index in [1.165, 1.54) is 0 Å². The number of benzene rings is 3. The summed E-state index contributed by atoms with van der Waals surface area (Å²) >= 11 is 6.00. The van der Waals surface area contributed by atoms with Crippen LogP contribution in [0, 0.1) is 0 Å². The van der Waals surface area contributed by atoms with Crippen molar-refractivity contribution in [2.75, 3.05) is 11.9 Å². The summed E-state index contributed by atoms with van der Waals surface area (Å²) in [6, 6.07) is 23.3. The minimum absolute atomic E-state index is 0.121. The number of para-hydroxylation sites is 3. The summed E-state index contributed by atoms with van der Waals surface area (Å²) in [6.45, 7) is 0.192. The molecular formula is C22H19ClN2O3. The molecule has 28 heavy (non-hydrogen) atoms. The van der Waals surface area contributed by atoms with Crippen LogP contribution in [0.1, 0.15) is 16.8 Å². The van der Waals surface area contributed by atoms with Crippen LogP contribution < -0.4 is 15.4 Å². The van der Waals surface area contributed by atoms with Gasteiger partial charge in [-0.15, -0.1) is 0 Å². The Kier molecular flexibility index (Phi) is 6.65. The molecule has 0 aliphatic carbocycles. The molecular weight excluding hydrogens is 376 g/mol. The van der Waals surface area contributed by atoms with E-state index in [1.54, 1.807) is 36.4 Å². The number of halogens is 1. The van der Waals surface area contributed by atoms with Gasteiger partial charge < -0.3 is 15.4 Å². The van der Waals surface area contributed by atoms with Gasteiger partial charge in [0.2, 0.25) is 5.91 Å². The molecule has 0 aliphatic rings.